The number of aromatic nitrogens is 3. The number of hydrogen-bond acceptors (Lipinski definition) is 7. The fraction of sp³-hybridized carbons (Fsp3) is 0.269. The van der Waals surface area contributed by atoms with E-state index >= 15 is 0 Å². The monoisotopic (exact) mass is 472 g/mol. The van der Waals surface area contributed by atoms with Crippen LogP contribution >= 0.6 is 0 Å². The van der Waals surface area contributed by atoms with Gasteiger partial charge in [0.25, 0.3) is 5.91 Å². The number of fused-ring (bicyclic) bond motifs is 2. The summed E-state index contributed by atoms with van der Waals surface area (Å²) in [6.07, 6.45) is 9.41. The van der Waals surface area contributed by atoms with E-state index < -0.39 is 17.6 Å². The first-order chi connectivity index (χ1) is 16.6. The second-order valence-electron chi connectivity index (χ2n) is 9.07. The predicted octanol–water partition coefficient (Wildman–Crippen LogP) is 5.06. The summed E-state index contributed by atoms with van der Waals surface area (Å²) in [5.41, 5.74) is 2.90. The van der Waals surface area contributed by atoms with Crippen LogP contribution in [0.3, 0.4) is 0 Å². The molecule has 180 valence electrons. The van der Waals surface area contributed by atoms with Gasteiger partial charge in [0.15, 0.2) is 0 Å². The number of aryl methyl sites for hydroxylation is 1. The number of nitrogens with zero attached hydrogens (tertiary/aromatic N) is 5. The Bertz CT molecular complexity index is 1390. The summed E-state index contributed by atoms with van der Waals surface area (Å²) in [5, 5.41) is 4.05. The molecule has 3 aromatic rings. The van der Waals surface area contributed by atoms with E-state index in [1.807, 2.05) is 29.9 Å². The van der Waals surface area contributed by atoms with Gasteiger partial charge in [-0.2, -0.15) is 0 Å². The van der Waals surface area contributed by atoms with Gasteiger partial charge in [0.05, 0.1) is 29.7 Å². The van der Waals surface area contributed by atoms with Crippen molar-refractivity contribution in [3.05, 3.63) is 66.4 Å². The second kappa shape index (κ2) is 9.17. The van der Waals surface area contributed by atoms with Crippen LogP contribution in [-0.2, 0) is 18.3 Å². The first-order valence-corrected chi connectivity index (χ1v) is 11.2. The predicted molar refractivity (Wildman–Crippen MR) is 136 cm³/mol. The van der Waals surface area contributed by atoms with E-state index in [0.717, 1.165) is 21.5 Å². The number of pyridine rings is 2. The minimum absolute atomic E-state index is 0.0368. The maximum Gasteiger partial charge on any atom is 0.417 e. The summed E-state index contributed by atoms with van der Waals surface area (Å²) in [6, 6.07) is 3.82. The van der Waals surface area contributed by atoms with Gasteiger partial charge in [-0.15, -0.1) is 0 Å². The molecule has 4 rings (SSSR count). The Kier molecular flexibility index (Phi) is 6.26. The highest BCUT2D eigenvalue weighted by molar-refractivity contribution is 6.11. The number of carbonyl (C=O) groups excluding carboxylic acids is 2. The summed E-state index contributed by atoms with van der Waals surface area (Å²) < 4.78 is 7.42. The van der Waals surface area contributed by atoms with Gasteiger partial charge >= 0.3 is 6.09 Å². The highest BCUT2D eigenvalue weighted by atomic mass is 16.6. The highest BCUT2D eigenvalue weighted by Crippen LogP contribution is 2.38. The summed E-state index contributed by atoms with van der Waals surface area (Å²) >= 11 is 0. The molecule has 0 saturated carbocycles. The van der Waals surface area contributed by atoms with Gasteiger partial charge in [-0.1, -0.05) is 12.7 Å². The van der Waals surface area contributed by atoms with Gasteiger partial charge in [-0.05, 0) is 45.9 Å². The van der Waals surface area contributed by atoms with Gasteiger partial charge in [0.2, 0.25) is 0 Å². The molecule has 0 atom stereocenters. The zero-order valence-electron chi connectivity index (χ0n) is 20.5. The van der Waals surface area contributed by atoms with Crippen molar-refractivity contribution in [3.63, 3.8) is 0 Å². The normalized spacial score (nSPS) is 14.0. The number of imide groups is 1. The Morgan fingerprint density at radius 2 is 2.06 bits per heavy atom. The third kappa shape index (κ3) is 4.57. The molecule has 0 bridgehead atoms. The standard InChI is InChI=1S/C26H28N6O3/c1-7-9-20(27-8-2)30-19-14-29-22(16-10-12-28-23-17(16)11-13-31(23)6)18-15-32(24(33)21(18)19)25(34)35-26(3,4)5/h7-14,30H,1,15H2,2-6H3/b20-9+,27-8-. The second-order valence-corrected chi connectivity index (χ2v) is 9.07. The Labute approximate surface area is 203 Å². The first kappa shape index (κ1) is 23.9. The van der Waals surface area contributed by atoms with Crippen molar-refractivity contribution in [1.29, 1.82) is 0 Å². The van der Waals surface area contributed by atoms with Crippen molar-refractivity contribution in [2.24, 2.45) is 12.0 Å². The van der Waals surface area contributed by atoms with Crippen LogP contribution < -0.4 is 5.32 Å². The molecule has 0 spiro atoms. The van der Waals surface area contributed by atoms with E-state index in [1.165, 1.54) is 0 Å². The lowest BCUT2D eigenvalue weighted by atomic mass is 10.0. The minimum atomic E-state index is -0.745. The lowest BCUT2D eigenvalue weighted by Crippen LogP contribution is -2.37. The zero-order chi connectivity index (χ0) is 25.3. The van der Waals surface area contributed by atoms with Crippen molar-refractivity contribution in [3.8, 4) is 11.3 Å². The van der Waals surface area contributed by atoms with Gasteiger partial charge in [-0.3, -0.25) is 9.78 Å². The zero-order valence-corrected chi connectivity index (χ0v) is 20.5. The summed E-state index contributed by atoms with van der Waals surface area (Å²) in [7, 11) is 1.92. The molecule has 1 aliphatic heterocycles. The van der Waals surface area contributed by atoms with Crippen LogP contribution in [0.15, 0.2) is 60.3 Å². The van der Waals surface area contributed by atoms with Crippen LogP contribution in [0.2, 0.25) is 0 Å². The number of ether oxygens (including phenoxy) is 1. The molecule has 0 aliphatic carbocycles. The summed E-state index contributed by atoms with van der Waals surface area (Å²) in [4.78, 5) is 41.0. The van der Waals surface area contributed by atoms with Crippen LogP contribution in [0.1, 0.15) is 43.6 Å². The lowest BCUT2D eigenvalue weighted by molar-refractivity contribution is 0.0248. The molecule has 1 aliphatic rings. The van der Waals surface area contributed by atoms with E-state index in [0.29, 0.717) is 28.3 Å². The van der Waals surface area contributed by atoms with E-state index in [1.54, 1.807) is 58.5 Å². The van der Waals surface area contributed by atoms with Crippen LogP contribution in [-0.4, -0.2) is 43.3 Å². The number of anilines is 1. The SMILES string of the molecule is C=C/C=C(\N=C/C)Nc1cnc(-c2ccnc3c2ccn3C)c2c1C(=O)N(C(=O)OC(C)(C)C)C2. The van der Waals surface area contributed by atoms with Gasteiger partial charge < -0.3 is 14.6 Å². The van der Waals surface area contributed by atoms with E-state index in [9.17, 15) is 9.59 Å². The van der Waals surface area contributed by atoms with Crippen molar-refractivity contribution >= 4 is 34.9 Å². The number of allylic oxidation sites excluding steroid dienone is 2. The van der Waals surface area contributed by atoms with Crippen LogP contribution in [0.25, 0.3) is 22.3 Å². The lowest BCUT2D eigenvalue weighted by Gasteiger charge is -2.23. The molecular weight excluding hydrogens is 444 g/mol. The van der Waals surface area contributed by atoms with E-state index in [-0.39, 0.29) is 6.54 Å². The first-order valence-electron chi connectivity index (χ1n) is 11.2. The number of rotatable bonds is 5. The molecule has 2 amide bonds. The van der Waals surface area contributed by atoms with Crippen molar-refractivity contribution in [2.45, 2.75) is 39.8 Å². The molecule has 9 nitrogen and oxygen atoms in total. The largest absolute Gasteiger partial charge is 0.443 e. The maximum absolute atomic E-state index is 13.6. The molecule has 0 saturated heterocycles. The molecule has 35 heavy (non-hydrogen) atoms. The van der Waals surface area contributed by atoms with Crippen LogP contribution in [0, 0.1) is 0 Å². The number of hydrogen-bond donors (Lipinski definition) is 1. The van der Waals surface area contributed by atoms with Crippen molar-refractivity contribution in [1.82, 2.24) is 19.4 Å². The molecule has 1 N–H and O–H groups in total. The van der Waals surface area contributed by atoms with Crippen molar-refractivity contribution in [2.75, 3.05) is 5.32 Å². The Morgan fingerprint density at radius 3 is 2.74 bits per heavy atom. The van der Waals surface area contributed by atoms with Gasteiger partial charge in [-0.25, -0.2) is 19.7 Å². The molecule has 4 heterocycles. The van der Waals surface area contributed by atoms with Crippen LogP contribution in [0.5, 0.6) is 0 Å². The maximum atomic E-state index is 13.6. The highest BCUT2D eigenvalue weighted by Gasteiger charge is 2.39. The third-order valence-electron chi connectivity index (χ3n) is 5.40. The third-order valence-corrected chi connectivity index (χ3v) is 5.40. The topological polar surface area (TPSA) is 102 Å². The molecule has 0 radical (unpaired) electrons. The quantitative estimate of drug-likeness (QED) is 0.412. The molecule has 3 aromatic heterocycles. The number of amides is 2. The number of aliphatic imine (C=N–C) groups is 1. The Hall–Kier alpha value is -4.27. The molecule has 0 aromatic carbocycles. The van der Waals surface area contributed by atoms with Crippen molar-refractivity contribution < 1.29 is 14.3 Å². The smallest absolute Gasteiger partial charge is 0.417 e. The average molecular weight is 473 g/mol. The van der Waals surface area contributed by atoms with Gasteiger partial charge in [0.1, 0.15) is 17.1 Å². The average Bonchev–Trinajstić information content (AvgIpc) is 3.34. The van der Waals surface area contributed by atoms with E-state index in [2.05, 4.69) is 21.9 Å². The molecule has 0 fully saturated rings. The summed E-state index contributed by atoms with van der Waals surface area (Å²) in [5.74, 6) is 0.0225. The summed E-state index contributed by atoms with van der Waals surface area (Å²) in [6.45, 7) is 10.8. The number of nitrogens with one attached hydrogen (secondary N) is 1. The van der Waals surface area contributed by atoms with E-state index in [4.69, 9.17) is 9.72 Å². The molecule has 9 heteroatoms. The minimum Gasteiger partial charge on any atom is -0.443 e. The molecular formula is C26H28N6O3. The fourth-order valence-electron chi connectivity index (χ4n) is 3.98. The molecule has 0 unspecified atom stereocenters. The Balaban J connectivity index is 1.88. The fourth-order valence-corrected chi connectivity index (χ4v) is 3.98. The number of carbonyl (C=O) groups is 2. The van der Waals surface area contributed by atoms with Gasteiger partial charge in [0, 0.05) is 42.2 Å². The van der Waals surface area contributed by atoms with Crippen LogP contribution in [0.4, 0.5) is 10.5 Å². The Morgan fingerprint density at radius 1 is 1.29 bits per heavy atom.